The van der Waals surface area contributed by atoms with E-state index < -0.39 is 12.0 Å². The van der Waals surface area contributed by atoms with Gasteiger partial charge in [0.25, 0.3) is 5.91 Å². The number of carboxylic acids is 1. The number of rotatable bonds is 2. The number of carbonyl (C=O) groups excluding carboxylic acids is 1. The Morgan fingerprint density at radius 3 is 2.94 bits per heavy atom. The second-order valence-electron chi connectivity index (χ2n) is 4.02. The largest absolute Gasteiger partial charge is 0.480 e. The van der Waals surface area contributed by atoms with E-state index in [-0.39, 0.29) is 5.91 Å². The van der Waals surface area contributed by atoms with E-state index in [2.05, 4.69) is 9.97 Å². The average Bonchev–Trinajstić information content (AvgIpc) is 2.77. The van der Waals surface area contributed by atoms with Crippen molar-refractivity contribution in [3.05, 3.63) is 23.8 Å². The molecule has 90 valence electrons. The first-order chi connectivity index (χ1) is 8.11. The molecule has 1 N–H and O–H groups in total. The molecule has 0 bridgehead atoms. The van der Waals surface area contributed by atoms with Crippen LogP contribution in [0.1, 0.15) is 28.9 Å². The highest BCUT2D eigenvalue weighted by Gasteiger charge is 2.35. The summed E-state index contributed by atoms with van der Waals surface area (Å²) in [5.74, 6) is -1.25. The highest BCUT2D eigenvalue weighted by Crippen LogP contribution is 2.20. The lowest BCUT2D eigenvalue weighted by Crippen LogP contribution is -2.40. The Kier molecular flexibility index (Phi) is 3.03. The second-order valence-corrected chi connectivity index (χ2v) is 4.02. The van der Waals surface area contributed by atoms with Crippen molar-refractivity contribution in [2.45, 2.75) is 25.8 Å². The Bertz CT molecular complexity index is 461. The average molecular weight is 235 g/mol. The van der Waals surface area contributed by atoms with Gasteiger partial charge in [0.1, 0.15) is 12.4 Å². The highest BCUT2D eigenvalue weighted by atomic mass is 16.4. The Hall–Kier alpha value is -1.98. The molecule has 0 saturated carbocycles. The Morgan fingerprint density at radius 1 is 1.53 bits per heavy atom. The van der Waals surface area contributed by atoms with Gasteiger partial charge in [-0.2, -0.15) is 0 Å². The van der Waals surface area contributed by atoms with Gasteiger partial charge in [-0.1, -0.05) is 0 Å². The van der Waals surface area contributed by atoms with Crippen molar-refractivity contribution >= 4 is 11.9 Å². The molecule has 1 atom stereocenters. The van der Waals surface area contributed by atoms with Crippen LogP contribution in [-0.4, -0.2) is 44.4 Å². The van der Waals surface area contributed by atoms with E-state index in [1.165, 1.54) is 17.4 Å². The molecule has 0 aromatic carbocycles. The molecule has 6 heteroatoms. The topological polar surface area (TPSA) is 83.4 Å². The number of aryl methyl sites for hydroxylation is 1. The van der Waals surface area contributed by atoms with E-state index in [0.29, 0.717) is 24.2 Å². The van der Waals surface area contributed by atoms with Crippen LogP contribution >= 0.6 is 0 Å². The summed E-state index contributed by atoms with van der Waals surface area (Å²) in [7, 11) is 0. The molecule has 1 aromatic rings. The Morgan fingerprint density at radius 2 is 2.29 bits per heavy atom. The van der Waals surface area contributed by atoms with Gasteiger partial charge in [0, 0.05) is 12.7 Å². The molecule has 17 heavy (non-hydrogen) atoms. The predicted octanol–water partition coefficient (Wildman–Crippen LogP) is 0.474. The smallest absolute Gasteiger partial charge is 0.326 e. The summed E-state index contributed by atoms with van der Waals surface area (Å²) in [5, 5.41) is 9.02. The molecule has 0 unspecified atom stereocenters. The maximum Gasteiger partial charge on any atom is 0.326 e. The number of carbonyl (C=O) groups is 2. The van der Waals surface area contributed by atoms with Gasteiger partial charge in [-0.15, -0.1) is 0 Å². The fraction of sp³-hybridized carbons (Fsp3) is 0.455. The molecule has 0 spiro atoms. The van der Waals surface area contributed by atoms with Crippen molar-refractivity contribution in [1.29, 1.82) is 0 Å². The summed E-state index contributed by atoms with van der Waals surface area (Å²) in [6, 6.07) is -0.720. The van der Waals surface area contributed by atoms with Crippen molar-refractivity contribution in [3.8, 4) is 0 Å². The fourth-order valence-corrected chi connectivity index (χ4v) is 2.02. The van der Waals surface area contributed by atoms with Crippen LogP contribution in [0.4, 0.5) is 0 Å². The van der Waals surface area contributed by atoms with Crippen LogP contribution in [0.5, 0.6) is 0 Å². The van der Waals surface area contributed by atoms with Gasteiger partial charge in [-0.3, -0.25) is 4.79 Å². The van der Waals surface area contributed by atoms with E-state index in [1.54, 1.807) is 6.92 Å². The molecular weight excluding hydrogens is 222 g/mol. The highest BCUT2D eigenvalue weighted by molar-refractivity contribution is 5.97. The fourth-order valence-electron chi connectivity index (χ4n) is 2.02. The summed E-state index contributed by atoms with van der Waals surface area (Å²) >= 11 is 0. The maximum absolute atomic E-state index is 12.2. The van der Waals surface area contributed by atoms with E-state index in [9.17, 15) is 9.59 Å². The van der Waals surface area contributed by atoms with Gasteiger partial charge in [0.2, 0.25) is 0 Å². The van der Waals surface area contributed by atoms with Gasteiger partial charge in [-0.05, 0) is 19.8 Å². The molecule has 1 aromatic heterocycles. The number of likely N-dealkylation sites (tertiary alicyclic amines) is 1. The van der Waals surface area contributed by atoms with Crippen molar-refractivity contribution < 1.29 is 14.7 Å². The summed E-state index contributed by atoms with van der Waals surface area (Å²) < 4.78 is 0. The Labute approximate surface area is 98.3 Å². The number of amides is 1. The van der Waals surface area contributed by atoms with Crippen molar-refractivity contribution in [2.24, 2.45) is 0 Å². The summed E-state index contributed by atoms with van der Waals surface area (Å²) in [4.78, 5) is 32.3. The number of nitrogens with zero attached hydrogens (tertiary/aromatic N) is 3. The summed E-state index contributed by atoms with van der Waals surface area (Å²) in [6.45, 7) is 2.19. The lowest BCUT2D eigenvalue weighted by molar-refractivity contribution is -0.141. The predicted molar refractivity (Wildman–Crippen MR) is 58.5 cm³/mol. The molecule has 2 heterocycles. The first-order valence-electron chi connectivity index (χ1n) is 5.41. The summed E-state index contributed by atoms with van der Waals surface area (Å²) in [5.41, 5.74) is 0.946. The van der Waals surface area contributed by atoms with E-state index in [0.717, 1.165) is 6.42 Å². The number of aliphatic carboxylic acids is 1. The SMILES string of the molecule is Cc1ncncc1C(=O)N1CCC[C@@H]1C(=O)O. The number of hydrogen-bond acceptors (Lipinski definition) is 4. The third-order valence-electron chi connectivity index (χ3n) is 2.94. The minimum atomic E-state index is -0.953. The van der Waals surface area contributed by atoms with Crippen LogP contribution in [-0.2, 0) is 4.79 Å². The van der Waals surface area contributed by atoms with Crippen LogP contribution in [0.15, 0.2) is 12.5 Å². The quantitative estimate of drug-likeness (QED) is 0.805. The molecule has 0 aliphatic carbocycles. The molecule has 2 rings (SSSR count). The zero-order valence-electron chi connectivity index (χ0n) is 9.46. The van der Waals surface area contributed by atoms with Gasteiger partial charge in [0.15, 0.2) is 0 Å². The molecule has 1 fully saturated rings. The third kappa shape index (κ3) is 2.11. The normalized spacial score (nSPS) is 19.4. The molecule has 1 amide bonds. The molecule has 6 nitrogen and oxygen atoms in total. The van der Waals surface area contributed by atoms with E-state index in [1.807, 2.05) is 0 Å². The number of aromatic nitrogens is 2. The lowest BCUT2D eigenvalue weighted by atomic mass is 10.2. The molecular formula is C11H13N3O3. The lowest BCUT2D eigenvalue weighted by Gasteiger charge is -2.21. The zero-order valence-corrected chi connectivity index (χ0v) is 9.46. The molecule has 1 aliphatic heterocycles. The van der Waals surface area contributed by atoms with Gasteiger partial charge >= 0.3 is 5.97 Å². The van der Waals surface area contributed by atoms with Crippen LogP contribution in [0, 0.1) is 6.92 Å². The summed E-state index contributed by atoms with van der Waals surface area (Å²) in [6.07, 6.45) is 4.02. The zero-order chi connectivity index (χ0) is 12.4. The van der Waals surface area contributed by atoms with Gasteiger partial charge < -0.3 is 10.0 Å². The second kappa shape index (κ2) is 4.48. The Balaban J connectivity index is 2.26. The van der Waals surface area contributed by atoms with Crippen LogP contribution in [0.3, 0.4) is 0 Å². The number of carboxylic acid groups (broad SMARTS) is 1. The first-order valence-corrected chi connectivity index (χ1v) is 5.41. The van der Waals surface area contributed by atoms with Crippen LogP contribution in [0.2, 0.25) is 0 Å². The van der Waals surface area contributed by atoms with E-state index in [4.69, 9.17) is 5.11 Å². The van der Waals surface area contributed by atoms with Crippen molar-refractivity contribution in [2.75, 3.05) is 6.54 Å². The van der Waals surface area contributed by atoms with Crippen LogP contribution < -0.4 is 0 Å². The molecule has 1 aliphatic rings. The van der Waals surface area contributed by atoms with Crippen LogP contribution in [0.25, 0.3) is 0 Å². The number of hydrogen-bond donors (Lipinski definition) is 1. The monoisotopic (exact) mass is 235 g/mol. The minimum Gasteiger partial charge on any atom is -0.480 e. The molecule has 0 radical (unpaired) electrons. The van der Waals surface area contributed by atoms with Gasteiger partial charge in [-0.25, -0.2) is 14.8 Å². The molecule has 1 saturated heterocycles. The third-order valence-corrected chi connectivity index (χ3v) is 2.94. The van der Waals surface area contributed by atoms with Crippen molar-refractivity contribution in [3.63, 3.8) is 0 Å². The van der Waals surface area contributed by atoms with Gasteiger partial charge in [0.05, 0.1) is 11.3 Å². The standard InChI is InChI=1S/C11H13N3O3/c1-7-8(5-12-6-13-7)10(15)14-4-2-3-9(14)11(16)17/h5-6,9H,2-4H2,1H3,(H,16,17)/t9-/m1/s1. The minimum absolute atomic E-state index is 0.298. The van der Waals surface area contributed by atoms with Crippen molar-refractivity contribution in [1.82, 2.24) is 14.9 Å². The maximum atomic E-state index is 12.2. The van der Waals surface area contributed by atoms with E-state index >= 15 is 0 Å². The first kappa shape index (κ1) is 11.5.